The lowest BCUT2D eigenvalue weighted by atomic mass is 10.0. The van der Waals surface area contributed by atoms with Crippen LogP contribution in [0.15, 0.2) is 17.5 Å². The number of terminal acetylenes is 1. The Morgan fingerprint density at radius 2 is 2.35 bits per heavy atom. The molecule has 17 heavy (non-hydrogen) atoms. The van der Waals surface area contributed by atoms with Gasteiger partial charge in [-0.3, -0.25) is 4.90 Å². The first-order valence-electron chi connectivity index (χ1n) is 6.25. The molecule has 3 heteroatoms. The second kappa shape index (κ2) is 6.20. The van der Waals surface area contributed by atoms with Crippen molar-refractivity contribution in [3.05, 3.63) is 22.4 Å². The summed E-state index contributed by atoms with van der Waals surface area (Å²) in [6, 6.07) is 5.43. The van der Waals surface area contributed by atoms with Crippen LogP contribution in [0, 0.1) is 12.3 Å². The summed E-state index contributed by atoms with van der Waals surface area (Å²) in [5.41, 5.74) is 0. The number of hydrogen-bond donors (Lipinski definition) is 1. The van der Waals surface area contributed by atoms with Crippen molar-refractivity contribution in [1.29, 1.82) is 0 Å². The maximum absolute atomic E-state index is 5.33. The van der Waals surface area contributed by atoms with Crippen molar-refractivity contribution in [2.75, 3.05) is 19.6 Å². The van der Waals surface area contributed by atoms with Crippen LogP contribution < -0.4 is 5.32 Å². The van der Waals surface area contributed by atoms with Crippen LogP contribution in [0.3, 0.4) is 0 Å². The van der Waals surface area contributed by atoms with Crippen molar-refractivity contribution in [3.63, 3.8) is 0 Å². The molecule has 0 radical (unpaired) electrons. The SMILES string of the molecule is C#CCN1CCC(N[C@@H](C)c2cccs2)CC1. The molecule has 1 saturated heterocycles. The van der Waals surface area contributed by atoms with E-state index in [1.807, 2.05) is 11.3 Å². The summed E-state index contributed by atoms with van der Waals surface area (Å²) in [5, 5.41) is 5.86. The molecule has 1 N–H and O–H groups in total. The molecular weight excluding hydrogens is 228 g/mol. The molecular formula is C14H20N2S. The topological polar surface area (TPSA) is 15.3 Å². The first-order chi connectivity index (χ1) is 8.29. The highest BCUT2D eigenvalue weighted by atomic mass is 32.1. The van der Waals surface area contributed by atoms with Gasteiger partial charge in [-0.2, -0.15) is 0 Å². The van der Waals surface area contributed by atoms with Crippen molar-refractivity contribution in [3.8, 4) is 12.3 Å². The van der Waals surface area contributed by atoms with Gasteiger partial charge in [0.15, 0.2) is 0 Å². The molecule has 0 unspecified atom stereocenters. The maximum atomic E-state index is 5.33. The number of hydrogen-bond acceptors (Lipinski definition) is 3. The van der Waals surface area contributed by atoms with Crippen LogP contribution in [0.25, 0.3) is 0 Å². The van der Waals surface area contributed by atoms with Gasteiger partial charge in [-0.05, 0) is 31.2 Å². The molecule has 0 bridgehead atoms. The van der Waals surface area contributed by atoms with Gasteiger partial charge in [0.1, 0.15) is 0 Å². The quantitative estimate of drug-likeness (QED) is 0.824. The summed E-state index contributed by atoms with van der Waals surface area (Å²) in [4.78, 5) is 3.78. The van der Waals surface area contributed by atoms with E-state index in [9.17, 15) is 0 Å². The van der Waals surface area contributed by atoms with E-state index < -0.39 is 0 Å². The molecule has 2 nitrogen and oxygen atoms in total. The zero-order chi connectivity index (χ0) is 12.1. The van der Waals surface area contributed by atoms with Crippen molar-refractivity contribution in [2.45, 2.75) is 31.8 Å². The highest BCUT2D eigenvalue weighted by Crippen LogP contribution is 2.21. The molecule has 1 fully saturated rings. The minimum absolute atomic E-state index is 0.471. The van der Waals surface area contributed by atoms with Gasteiger partial charge in [0.2, 0.25) is 0 Å². The Bertz CT molecular complexity index is 358. The van der Waals surface area contributed by atoms with Crippen LogP contribution in [0.4, 0.5) is 0 Å². The second-order valence-corrected chi connectivity index (χ2v) is 5.64. The molecule has 0 amide bonds. The van der Waals surface area contributed by atoms with E-state index in [0.29, 0.717) is 12.1 Å². The smallest absolute Gasteiger partial charge is 0.0598 e. The Balaban J connectivity index is 1.77. The van der Waals surface area contributed by atoms with Crippen molar-refractivity contribution in [1.82, 2.24) is 10.2 Å². The zero-order valence-electron chi connectivity index (χ0n) is 10.4. The minimum atomic E-state index is 0.471. The van der Waals surface area contributed by atoms with Crippen LogP contribution in [-0.2, 0) is 0 Å². The van der Waals surface area contributed by atoms with Crippen LogP contribution in [0.5, 0.6) is 0 Å². The molecule has 1 atom stereocenters. The molecule has 2 rings (SSSR count). The molecule has 92 valence electrons. The van der Waals surface area contributed by atoms with E-state index in [0.717, 1.165) is 19.6 Å². The molecule has 0 saturated carbocycles. The highest BCUT2D eigenvalue weighted by molar-refractivity contribution is 7.10. The van der Waals surface area contributed by atoms with E-state index in [-0.39, 0.29) is 0 Å². The van der Waals surface area contributed by atoms with Gasteiger partial charge in [-0.1, -0.05) is 12.0 Å². The summed E-state index contributed by atoms with van der Waals surface area (Å²) in [5.74, 6) is 2.72. The van der Waals surface area contributed by atoms with E-state index in [2.05, 4.69) is 40.6 Å². The number of likely N-dealkylation sites (tertiary alicyclic amines) is 1. The standard InChI is InChI=1S/C14H20N2S/c1-3-8-16-9-6-13(7-10-16)15-12(2)14-5-4-11-17-14/h1,4-5,11-13,15H,6-10H2,2H3/t12-/m0/s1. The van der Waals surface area contributed by atoms with Crippen LogP contribution >= 0.6 is 11.3 Å². The fraction of sp³-hybridized carbons (Fsp3) is 0.571. The first-order valence-corrected chi connectivity index (χ1v) is 7.13. The average Bonchev–Trinajstić information content (AvgIpc) is 2.86. The summed E-state index contributed by atoms with van der Waals surface area (Å²) < 4.78 is 0. The molecule has 2 heterocycles. The van der Waals surface area contributed by atoms with E-state index in [1.54, 1.807) is 0 Å². The number of nitrogens with zero attached hydrogens (tertiary/aromatic N) is 1. The lowest BCUT2D eigenvalue weighted by Gasteiger charge is -2.32. The molecule has 1 aliphatic rings. The van der Waals surface area contributed by atoms with Gasteiger partial charge >= 0.3 is 0 Å². The van der Waals surface area contributed by atoms with Gasteiger partial charge in [0.05, 0.1) is 6.54 Å². The highest BCUT2D eigenvalue weighted by Gasteiger charge is 2.20. The third kappa shape index (κ3) is 3.57. The fourth-order valence-corrected chi connectivity index (χ4v) is 3.10. The molecule has 1 aromatic heterocycles. The van der Waals surface area contributed by atoms with Gasteiger partial charge in [-0.15, -0.1) is 17.8 Å². The second-order valence-electron chi connectivity index (χ2n) is 4.66. The Labute approximate surface area is 108 Å². The van der Waals surface area contributed by atoms with Crippen molar-refractivity contribution < 1.29 is 0 Å². The first kappa shape index (κ1) is 12.6. The lowest BCUT2D eigenvalue weighted by Crippen LogP contribution is -2.43. The summed E-state index contributed by atoms with van der Waals surface area (Å²) >= 11 is 1.83. The third-order valence-electron chi connectivity index (χ3n) is 3.36. The predicted octanol–water partition coefficient (Wildman–Crippen LogP) is 2.50. The van der Waals surface area contributed by atoms with Crippen LogP contribution in [0.1, 0.15) is 30.7 Å². The minimum Gasteiger partial charge on any atom is -0.307 e. The summed E-state index contributed by atoms with van der Waals surface area (Å²) in [7, 11) is 0. The molecule has 0 aromatic carbocycles. The average molecular weight is 248 g/mol. The van der Waals surface area contributed by atoms with E-state index >= 15 is 0 Å². The van der Waals surface area contributed by atoms with Crippen LogP contribution in [-0.4, -0.2) is 30.6 Å². The Kier molecular flexibility index (Phi) is 4.61. The number of rotatable bonds is 4. The molecule has 1 aromatic rings. The number of nitrogens with one attached hydrogen (secondary N) is 1. The molecule has 0 spiro atoms. The summed E-state index contributed by atoms with van der Waals surface area (Å²) in [6.07, 6.45) is 7.74. The summed E-state index contributed by atoms with van der Waals surface area (Å²) in [6.45, 7) is 5.30. The van der Waals surface area contributed by atoms with Crippen molar-refractivity contribution >= 4 is 11.3 Å². The number of piperidine rings is 1. The van der Waals surface area contributed by atoms with E-state index in [1.165, 1.54) is 17.7 Å². The van der Waals surface area contributed by atoms with Gasteiger partial charge in [-0.25, -0.2) is 0 Å². The van der Waals surface area contributed by atoms with Gasteiger partial charge < -0.3 is 5.32 Å². The molecule has 1 aliphatic heterocycles. The van der Waals surface area contributed by atoms with Gasteiger partial charge in [0, 0.05) is 30.1 Å². The van der Waals surface area contributed by atoms with E-state index in [4.69, 9.17) is 6.42 Å². The monoisotopic (exact) mass is 248 g/mol. The van der Waals surface area contributed by atoms with Gasteiger partial charge in [0.25, 0.3) is 0 Å². The van der Waals surface area contributed by atoms with Crippen molar-refractivity contribution in [2.24, 2.45) is 0 Å². The Morgan fingerprint density at radius 1 is 1.59 bits per heavy atom. The van der Waals surface area contributed by atoms with Crippen LogP contribution in [0.2, 0.25) is 0 Å². The maximum Gasteiger partial charge on any atom is 0.0598 e. The third-order valence-corrected chi connectivity index (χ3v) is 4.41. The Hall–Kier alpha value is -0.820. The normalized spacial score (nSPS) is 20.0. The zero-order valence-corrected chi connectivity index (χ0v) is 11.2. The largest absolute Gasteiger partial charge is 0.307 e. The Morgan fingerprint density at radius 3 is 2.94 bits per heavy atom. The molecule has 0 aliphatic carbocycles. The number of thiophene rings is 1. The fourth-order valence-electron chi connectivity index (χ4n) is 2.36. The predicted molar refractivity (Wildman–Crippen MR) is 74.2 cm³/mol. The lowest BCUT2D eigenvalue weighted by molar-refractivity contribution is 0.211.